The van der Waals surface area contributed by atoms with Gasteiger partial charge in [-0.2, -0.15) is 4.98 Å². The van der Waals surface area contributed by atoms with Gasteiger partial charge in [0.2, 0.25) is 11.1 Å². The summed E-state index contributed by atoms with van der Waals surface area (Å²) in [6.07, 6.45) is 3.09. The summed E-state index contributed by atoms with van der Waals surface area (Å²) in [5.74, 6) is 1.63. The number of pyridine rings is 1. The van der Waals surface area contributed by atoms with Crippen molar-refractivity contribution in [1.29, 1.82) is 0 Å². The second-order valence-corrected chi connectivity index (χ2v) is 5.48. The highest BCUT2D eigenvalue weighted by Gasteiger charge is 2.08. The van der Waals surface area contributed by atoms with E-state index in [0.29, 0.717) is 17.4 Å². The second-order valence-electron chi connectivity index (χ2n) is 4.42. The van der Waals surface area contributed by atoms with Crippen LogP contribution in [0.1, 0.15) is 12.8 Å². The SMILES string of the molecule is CN(C)C(=O)CCCSc1n[nH]c(-c2ccccn2)n1. The molecule has 0 saturated carbocycles. The Hall–Kier alpha value is -1.89. The number of thioether (sulfide) groups is 1. The standard InChI is InChI=1S/C13H17N5OS/c1-18(2)11(19)7-5-9-20-13-15-12(16-17-13)10-6-3-4-8-14-10/h3-4,6,8H,5,7,9H2,1-2H3,(H,15,16,17). The van der Waals surface area contributed by atoms with Crippen molar-refractivity contribution in [3.05, 3.63) is 24.4 Å². The van der Waals surface area contributed by atoms with Crippen LogP contribution in [0.4, 0.5) is 0 Å². The predicted octanol–water partition coefficient (Wildman–Crippen LogP) is 1.83. The number of rotatable bonds is 6. The minimum atomic E-state index is 0.148. The minimum Gasteiger partial charge on any atom is -0.349 e. The number of amides is 1. The molecule has 20 heavy (non-hydrogen) atoms. The maximum Gasteiger partial charge on any atom is 0.222 e. The molecule has 2 aromatic heterocycles. The number of aromatic nitrogens is 4. The van der Waals surface area contributed by atoms with Gasteiger partial charge in [0, 0.05) is 32.5 Å². The first kappa shape index (κ1) is 14.5. The molecular formula is C13H17N5OS. The van der Waals surface area contributed by atoms with E-state index in [0.717, 1.165) is 17.9 Å². The van der Waals surface area contributed by atoms with Crippen LogP contribution in [0.15, 0.2) is 29.6 Å². The van der Waals surface area contributed by atoms with Crippen molar-refractivity contribution in [3.8, 4) is 11.5 Å². The number of H-pyrrole nitrogens is 1. The van der Waals surface area contributed by atoms with Crippen LogP contribution in [0, 0.1) is 0 Å². The van der Waals surface area contributed by atoms with Crippen LogP contribution in [0.3, 0.4) is 0 Å². The highest BCUT2D eigenvalue weighted by molar-refractivity contribution is 7.99. The van der Waals surface area contributed by atoms with Crippen LogP contribution in [0.2, 0.25) is 0 Å². The summed E-state index contributed by atoms with van der Waals surface area (Å²) < 4.78 is 0. The predicted molar refractivity (Wildman–Crippen MR) is 78.3 cm³/mol. The highest BCUT2D eigenvalue weighted by Crippen LogP contribution is 2.18. The molecule has 0 bridgehead atoms. The zero-order chi connectivity index (χ0) is 14.4. The average molecular weight is 291 g/mol. The van der Waals surface area contributed by atoms with E-state index in [2.05, 4.69) is 20.2 Å². The quantitative estimate of drug-likeness (QED) is 0.649. The first-order valence-corrected chi connectivity index (χ1v) is 7.32. The third-order valence-electron chi connectivity index (χ3n) is 2.64. The molecule has 0 fully saturated rings. The maximum absolute atomic E-state index is 11.4. The van der Waals surface area contributed by atoms with E-state index in [1.54, 1.807) is 25.2 Å². The van der Waals surface area contributed by atoms with E-state index in [1.165, 1.54) is 11.8 Å². The highest BCUT2D eigenvalue weighted by atomic mass is 32.2. The first-order valence-electron chi connectivity index (χ1n) is 6.33. The van der Waals surface area contributed by atoms with Crippen LogP contribution in [0.25, 0.3) is 11.5 Å². The van der Waals surface area contributed by atoms with E-state index in [9.17, 15) is 4.79 Å². The Labute approximate surface area is 122 Å². The van der Waals surface area contributed by atoms with Gasteiger partial charge in [-0.25, -0.2) is 0 Å². The lowest BCUT2D eigenvalue weighted by Gasteiger charge is -2.08. The third-order valence-corrected chi connectivity index (χ3v) is 3.57. The summed E-state index contributed by atoms with van der Waals surface area (Å²) >= 11 is 1.54. The first-order chi connectivity index (χ1) is 9.66. The van der Waals surface area contributed by atoms with Gasteiger partial charge in [-0.1, -0.05) is 17.8 Å². The van der Waals surface area contributed by atoms with Crippen molar-refractivity contribution in [2.75, 3.05) is 19.8 Å². The number of aromatic amines is 1. The fourth-order valence-corrected chi connectivity index (χ4v) is 2.28. The molecule has 0 radical (unpaired) electrons. The number of nitrogens with one attached hydrogen (secondary N) is 1. The summed E-state index contributed by atoms with van der Waals surface area (Å²) in [6.45, 7) is 0. The van der Waals surface area contributed by atoms with Crippen molar-refractivity contribution >= 4 is 17.7 Å². The lowest BCUT2D eigenvalue weighted by atomic mass is 10.3. The normalized spacial score (nSPS) is 10.5. The lowest BCUT2D eigenvalue weighted by Crippen LogP contribution is -2.21. The topological polar surface area (TPSA) is 74.8 Å². The summed E-state index contributed by atoms with van der Waals surface area (Å²) in [6, 6.07) is 5.65. The number of carbonyl (C=O) groups excluding carboxylic acids is 1. The molecule has 0 aromatic carbocycles. The number of hydrogen-bond donors (Lipinski definition) is 1. The Balaban J connectivity index is 1.81. The lowest BCUT2D eigenvalue weighted by molar-refractivity contribution is -0.128. The molecule has 1 amide bonds. The van der Waals surface area contributed by atoms with Gasteiger partial charge in [-0.15, -0.1) is 5.10 Å². The smallest absolute Gasteiger partial charge is 0.222 e. The fourth-order valence-electron chi connectivity index (χ4n) is 1.54. The Bertz CT molecular complexity index is 555. The average Bonchev–Trinajstić information content (AvgIpc) is 2.93. The van der Waals surface area contributed by atoms with Crippen LogP contribution >= 0.6 is 11.8 Å². The molecule has 0 atom stereocenters. The maximum atomic E-state index is 11.4. The van der Waals surface area contributed by atoms with Crippen LogP contribution in [-0.4, -0.2) is 50.8 Å². The van der Waals surface area contributed by atoms with Crippen molar-refractivity contribution in [2.24, 2.45) is 0 Å². The fraction of sp³-hybridized carbons (Fsp3) is 0.385. The van der Waals surface area contributed by atoms with Gasteiger partial charge in [-0.05, 0) is 18.6 Å². The molecule has 0 unspecified atom stereocenters. The molecular weight excluding hydrogens is 274 g/mol. The molecule has 106 valence electrons. The molecule has 2 heterocycles. The molecule has 6 nitrogen and oxygen atoms in total. The van der Waals surface area contributed by atoms with Crippen molar-refractivity contribution < 1.29 is 4.79 Å². The zero-order valence-electron chi connectivity index (χ0n) is 11.5. The number of hydrogen-bond acceptors (Lipinski definition) is 5. The third kappa shape index (κ3) is 4.06. The summed E-state index contributed by atoms with van der Waals surface area (Å²) in [7, 11) is 3.54. The Morgan fingerprint density at radius 3 is 2.95 bits per heavy atom. The summed E-state index contributed by atoms with van der Waals surface area (Å²) in [4.78, 5) is 21.6. The van der Waals surface area contributed by atoms with E-state index in [4.69, 9.17) is 0 Å². The molecule has 7 heteroatoms. The van der Waals surface area contributed by atoms with E-state index in [1.807, 2.05) is 18.2 Å². The number of nitrogens with zero attached hydrogens (tertiary/aromatic N) is 4. The molecule has 0 aliphatic heterocycles. The Morgan fingerprint density at radius 2 is 2.25 bits per heavy atom. The monoisotopic (exact) mass is 291 g/mol. The van der Waals surface area contributed by atoms with Crippen molar-refractivity contribution in [3.63, 3.8) is 0 Å². The van der Waals surface area contributed by atoms with Crippen LogP contribution in [0.5, 0.6) is 0 Å². The van der Waals surface area contributed by atoms with Crippen LogP contribution < -0.4 is 0 Å². The van der Waals surface area contributed by atoms with Crippen LogP contribution in [-0.2, 0) is 4.79 Å². The van der Waals surface area contributed by atoms with E-state index >= 15 is 0 Å². The number of carbonyl (C=O) groups is 1. The molecule has 0 spiro atoms. The van der Waals surface area contributed by atoms with E-state index < -0.39 is 0 Å². The summed E-state index contributed by atoms with van der Waals surface area (Å²) in [5, 5.41) is 7.69. The zero-order valence-corrected chi connectivity index (χ0v) is 12.4. The van der Waals surface area contributed by atoms with Crippen molar-refractivity contribution in [1.82, 2.24) is 25.1 Å². The molecule has 2 rings (SSSR count). The van der Waals surface area contributed by atoms with Gasteiger partial charge >= 0.3 is 0 Å². The molecule has 2 aromatic rings. The molecule has 0 aliphatic carbocycles. The second kappa shape index (κ2) is 7.04. The molecule has 0 saturated heterocycles. The summed E-state index contributed by atoms with van der Waals surface area (Å²) in [5.41, 5.74) is 0.773. The van der Waals surface area contributed by atoms with Gasteiger partial charge in [-0.3, -0.25) is 14.9 Å². The van der Waals surface area contributed by atoms with Gasteiger partial charge < -0.3 is 4.90 Å². The molecule has 1 N–H and O–H groups in total. The minimum absolute atomic E-state index is 0.148. The Kier molecular flexibility index (Phi) is 5.11. The van der Waals surface area contributed by atoms with Gasteiger partial charge in [0.25, 0.3) is 0 Å². The van der Waals surface area contributed by atoms with Gasteiger partial charge in [0.15, 0.2) is 5.82 Å². The van der Waals surface area contributed by atoms with Gasteiger partial charge in [0.05, 0.1) is 0 Å². The van der Waals surface area contributed by atoms with Crippen molar-refractivity contribution in [2.45, 2.75) is 18.0 Å². The largest absolute Gasteiger partial charge is 0.349 e. The molecule has 0 aliphatic rings. The van der Waals surface area contributed by atoms with Gasteiger partial charge in [0.1, 0.15) is 5.69 Å². The Morgan fingerprint density at radius 1 is 1.40 bits per heavy atom. The van der Waals surface area contributed by atoms with E-state index in [-0.39, 0.29) is 5.91 Å².